The van der Waals surface area contributed by atoms with E-state index >= 15 is 0 Å². The highest BCUT2D eigenvalue weighted by Crippen LogP contribution is 2.21. The standard InChI is InChI=1S/C18H24FN3O2/c1-20-9-10-22(18(20)24)13-17(23)21-8-2-3-15(12-21)11-14-4-6-16(19)7-5-14/h4-7,15H,2-3,8-13H2,1H3. The summed E-state index contributed by atoms with van der Waals surface area (Å²) in [6.07, 6.45) is 2.91. The van der Waals surface area contributed by atoms with Crippen molar-refractivity contribution in [1.29, 1.82) is 0 Å². The van der Waals surface area contributed by atoms with Gasteiger partial charge in [0.05, 0.1) is 0 Å². The first-order valence-electron chi connectivity index (χ1n) is 8.55. The Kier molecular flexibility index (Phi) is 5.02. The van der Waals surface area contributed by atoms with Crippen molar-refractivity contribution in [3.63, 3.8) is 0 Å². The van der Waals surface area contributed by atoms with Crippen molar-refractivity contribution in [2.75, 3.05) is 39.8 Å². The van der Waals surface area contributed by atoms with Gasteiger partial charge in [-0.25, -0.2) is 9.18 Å². The number of nitrogens with zero attached hydrogens (tertiary/aromatic N) is 3. The molecule has 0 spiro atoms. The molecule has 0 aliphatic carbocycles. The number of carbonyl (C=O) groups is 2. The molecular weight excluding hydrogens is 309 g/mol. The summed E-state index contributed by atoms with van der Waals surface area (Å²) in [4.78, 5) is 29.6. The Labute approximate surface area is 142 Å². The predicted octanol–water partition coefficient (Wildman–Crippen LogP) is 1.97. The van der Waals surface area contributed by atoms with Gasteiger partial charge in [-0.2, -0.15) is 0 Å². The van der Waals surface area contributed by atoms with Crippen LogP contribution in [0.15, 0.2) is 24.3 Å². The summed E-state index contributed by atoms with van der Waals surface area (Å²) in [7, 11) is 1.76. The number of likely N-dealkylation sites (N-methyl/N-ethyl adjacent to an activating group) is 1. The summed E-state index contributed by atoms with van der Waals surface area (Å²) in [6.45, 7) is 2.95. The van der Waals surface area contributed by atoms with Crippen molar-refractivity contribution in [3.8, 4) is 0 Å². The monoisotopic (exact) mass is 333 g/mol. The molecule has 0 aromatic heterocycles. The Morgan fingerprint density at radius 3 is 2.62 bits per heavy atom. The van der Waals surface area contributed by atoms with Crippen molar-refractivity contribution < 1.29 is 14.0 Å². The van der Waals surface area contributed by atoms with E-state index in [1.54, 1.807) is 16.8 Å². The van der Waals surface area contributed by atoms with Gasteiger partial charge >= 0.3 is 6.03 Å². The molecule has 2 fully saturated rings. The normalized spacial score (nSPS) is 21.5. The molecular formula is C18H24FN3O2. The number of benzene rings is 1. The lowest BCUT2D eigenvalue weighted by atomic mass is 9.91. The average molecular weight is 333 g/mol. The van der Waals surface area contributed by atoms with Crippen LogP contribution in [0.2, 0.25) is 0 Å². The summed E-state index contributed by atoms with van der Waals surface area (Å²) >= 11 is 0. The van der Waals surface area contributed by atoms with Gasteiger partial charge in [-0.15, -0.1) is 0 Å². The molecule has 1 atom stereocenters. The number of carbonyl (C=O) groups excluding carboxylic acids is 2. The van der Waals surface area contributed by atoms with Crippen molar-refractivity contribution in [3.05, 3.63) is 35.6 Å². The third-order valence-electron chi connectivity index (χ3n) is 4.94. The zero-order valence-corrected chi connectivity index (χ0v) is 14.1. The second kappa shape index (κ2) is 7.20. The lowest BCUT2D eigenvalue weighted by molar-refractivity contribution is -0.133. The molecule has 2 heterocycles. The van der Waals surface area contributed by atoms with E-state index in [1.165, 1.54) is 12.1 Å². The van der Waals surface area contributed by atoms with E-state index in [-0.39, 0.29) is 24.3 Å². The Bertz CT molecular complexity index is 605. The van der Waals surface area contributed by atoms with Crippen LogP contribution in [-0.2, 0) is 11.2 Å². The maximum absolute atomic E-state index is 13.0. The second-order valence-corrected chi connectivity index (χ2v) is 6.80. The minimum atomic E-state index is -0.223. The average Bonchev–Trinajstić information content (AvgIpc) is 2.89. The van der Waals surface area contributed by atoms with Crippen LogP contribution in [0.5, 0.6) is 0 Å². The number of likely N-dealkylation sites (tertiary alicyclic amines) is 1. The predicted molar refractivity (Wildman–Crippen MR) is 89.0 cm³/mol. The van der Waals surface area contributed by atoms with Gasteiger partial charge in [-0.05, 0) is 42.9 Å². The third kappa shape index (κ3) is 3.86. The van der Waals surface area contributed by atoms with E-state index in [9.17, 15) is 14.0 Å². The van der Waals surface area contributed by atoms with Crippen molar-refractivity contribution in [2.24, 2.45) is 5.92 Å². The first-order valence-corrected chi connectivity index (χ1v) is 8.55. The smallest absolute Gasteiger partial charge is 0.320 e. The van der Waals surface area contributed by atoms with Crippen LogP contribution in [0.3, 0.4) is 0 Å². The molecule has 0 radical (unpaired) electrons. The fourth-order valence-electron chi connectivity index (χ4n) is 3.53. The fraction of sp³-hybridized carbons (Fsp3) is 0.556. The first kappa shape index (κ1) is 16.7. The zero-order valence-electron chi connectivity index (χ0n) is 14.1. The number of hydrogen-bond acceptors (Lipinski definition) is 2. The molecule has 1 aromatic rings. The highest BCUT2D eigenvalue weighted by molar-refractivity contribution is 5.85. The molecule has 2 saturated heterocycles. The molecule has 6 heteroatoms. The van der Waals surface area contributed by atoms with Gasteiger partial charge in [0, 0.05) is 33.2 Å². The van der Waals surface area contributed by atoms with E-state index < -0.39 is 0 Å². The minimum absolute atomic E-state index is 0.0301. The summed E-state index contributed by atoms with van der Waals surface area (Å²) in [5.74, 6) is 0.201. The number of halogens is 1. The third-order valence-corrected chi connectivity index (χ3v) is 4.94. The summed E-state index contributed by atoms with van der Waals surface area (Å²) < 4.78 is 13.0. The van der Waals surface area contributed by atoms with Gasteiger partial charge in [-0.1, -0.05) is 12.1 Å². The fourth-order valence-corrected chi connectivity index (χ4v) is 3.53. The van der Waals surface area contributed by atoms with Crippen LogP contribution in [0, 0.1) is 11.7 Å². The molecule has 2 aliphatic rings. The Morgan fingerprint density at radius 1 is 1.21 bits per heavy atom. The van der Waals surface area contributed by atoms with E-state index in [4.69, 9.17) is 0 Å². The van der Waals surface area contributed by atoms with Gasteiger partial charge in [-0.3, -0.25) is 4.79 Å². The van der Waals surface area contributed by atoms with Crippen LogP contribution in [0.1, 0.15) is 18.4 Å². The second-order valence-electron chi connectivity index (χ2n) is 6.80. The van der Waals surface area contributed by atoms with Gasteiger partial charge in [0.2, 0.25) is 5.91 Å². The summed E-state index contributed by atoms with van der Waals surface area (Å²) in [6, 6.07) is 6.53. The van der Waals surface area contributed by atoms with E-state index in [0.717, 1.165) is 31.4 Å². The van der Waals surface area contributed by atoms with Crippen LogP contribution in [0.4, 0.5) is 9.18 Å². The lowest BCUT2D eigenvalue weighted by Gasteiger charge is -2.34. The Hall–Kier alpha value is -2.11. The molecule has 24 heavy (non-hydrogen) atoms. The maximum Gasteiger partial charge on any atom is 0.320 e. The van der Waals surface area contributed by atoms with E-state index in [2.05, 4.69) is 0 Å². The van der Waals surface area contributed by atoms with Crippen LogP contribution < -0.4 is 0 Å². The van der Waals surface area contributed by atoms with E-state index in [0.29, 0.717) is 25.6 Å². The van der Waals surface area contributed by atoms with Gasteiger partial charge in [0.15, 0.2) is 0 Å². The SMILES string of the molecule is CN1CCN(CC(=O)N2CCCC(Cc3ccc(F)cc3)C2)C1=O. The highest BCUT2D eigenvalue weighted by atomic mass is 19.1. The molecule has 5 nitrogen and oxygen atoms in total. The number of urea groups is 1. The van der Waals surface area contributed by atoms with Crippen molar-refractivity contribution in [2.45, 2.75) is 19.3 Å². The quantitative estimate of drug-likeness (QED) is 0.846. The molecule has 0 N–H and O–H groups in total. The maximum atomic E-state index is 13.0. The summed E-state index contributed by atoms with van der Waals surface area (Å²) in [5, 5.41) is 0. The van der Waals surface area contributed by atoms with Gasteiger partial charge in [0.25, 0.3) is 0 Å². The van der Waals surface area contributed by atoms with Crippen LogP contribution in [0.25, 0.3) is 0 Å². The molecule has 0 bridgehead atoms. The molecule has 130 valence electrons. The Morgan fingerprint density at radius 2 is 1.96 bits per heavy atom. The van der Waals surface area contributed by atoms with Gasteiger partial charge < -0.3 is 14.7 Å². The number of amides is 3. The molecule has 1 aromatic carbocycles. The van der Waals surface area contributed by atoms with Crippen molar-refractivity contribution in [1.82, 2.24) is 14.7 Å². The molecule has 3 amide bonds. The summed E-state index contributed by atoms with van der Waals surface area (Å²) in [5.41, 5.74) is 1.10. The number of rotatable bonds is 4. The van der Waals surface area contributed by atoms with Crippen LogP contribution >= 0.6 is 0 Å². The largest absolute Gasteiger partial charge is 0.341 e. The molecule has 1 unspecified atom stereocenters. The Balaban J connectivity index is 1.54. The van der Waals surface area contributed by atoms with Crippen molar-refractivity contribution >= 4 is 11.9 Å². The minimum Gasteiger partial charge on any atom is -0.341 e. The molecule has 2 aliphatic heterocycles. The van der Waals surface area contributed by atoms with E-state index in [1.807, 2.05) is 17.0 Å². The zero-order chi connectivity index (χ0) is 17.1. The number of piperidine rings is 1. The first-order chi connectivity index (χ1) is 11.5. The molecule has 3 rings (SSSR count). The highest BCUT2D eigenvalue weighted by Gasteiger charge is 2.30. The van der Waals surface area contributed by atoms with Gasteiger partial charge in [0.1, 0.15) is 12.4 Å². The topological polar surface area (TPSA) is 43.9 Å². The number of hydrogen-bond donors (Lipinski definition) is 0. The lowest BCUT2D eigenvalue weighted by Crippen LogP contribution is -2.46. The van der Waals surface area contributed by atoms with Crippen LogP contribution in [-0.4, -0.2) is 66.4 Å². The molecule has 0 saturated carbocycles.